The molecule has 1 aromatic rings. The molecule has 1 rings (SSSR count). The number of carbonyl (C=O) groups is 2. The Kier molecular flexibility index (Phi) is 7.22. The van der Waals surface area contributed by atoms with Crippen molar-refractivity contribution in [2.45, 2.75) is 29.7 Å². The number of carboxylic acid groups (broad SMARTS) is 1. The number of carboxylic acids is 1. The van der Waals surface area contributed by atoms with Gasteiger partial charge in [-0.25, -0.2) is 0 Å². The van der Waals surface area contributed by atoms with Crippen LogP contribution >= 0.6 is 0 Å². The minimum atomic E-state index is -1.19. The maximum atomic E-state index is 11.4. The van der Waals surface area contributed by atoms with E-state index in [1.54, 1.807) is 0 Å². The van der Waals surface area contributed by atoms with Crippen molar-refractivity contribution in [2.75, 3.05) is 6.54 Å². The summed E-state index contributed by atoms with van der Waals surface area (Å²) >= 11 is 0.0641. The van der Waals surface area contributed by atoms with Gasteiger partial charge < -0.3 is 0 Å². The molecule has 0 radical (unpaired) electrons. The van der Waals surface area contributed by atoms with Crippen LogP contribution in [0.4, 0.5) is 4.79 Å². The molecule has 6 nitrogen and oxygen atoms in total. The number of rotatable bonds is 8. The molecule has 7 heteroatoms. The van der Waals surface area contributed by atoms with Gasteiger partial charge in [0, 0.05) is 0 Å². The number of carbonyl (C=O) groups excluding carboxylic acids is 1. The number of nitrogens with one attached hydrogen (secondary N) is 1. The van der Waals surface area contributed by atoms with Crippen LogP contribution in [0.2, 0.25) is 10.6 Å². The van der Waals surface area contributed by atoms with Crippen LogP contribution in [0.3, 0.4) is 0 Å². The molecule has 0 aliphatic heterocycles. The molecule has 0 fully saturated rings. The fraction of sp³-hybridized carbons (Fsp3) is 0.429. The number of aliphatic carboxylic acids is 1. The van der Waals surface area contributed by atoms with E-state index in [0.717, 1.165) is 5.56 Å². The van der Waals surface area contributed by atoms with Crippen molar-refractivity contribution in [1.29, 1.82) is 0 Å². The predicted octanol–water partition coefficient (Wildman–Crippen LogP) is 1.26. The molecule has 0 spiro atoms. The summed E-state index contributed by atoms with van der Waals surface area (Å²) in [4.78, 5) is 22.2. The molecule has 1 amide bonds. The van der Waals surface area contributed by atoms with Gasteiger partial charge in [0.15, 0.2) is 0 Å². The van der Waals surface area contributed by atoms with Gasteiger partial charge in [0.25, 0.3) is 0 Å². The average molecular weight is 359 g/mol. The third-order valence-corrected chi connectivity index (χ3v) is 5.34. The monoisotopic (exact) mass is 360 g/mol. The molecule has 0 saturated carbocycles. The summed E-state index contributed by atoms with van der Waals surface area (Å²) < 4.78 is 5.05. The Morgan fingerprint density at radius 3 is 2.67 bits per heavy atom. The van der Waals surface area contributed by atoms with Gasteiger partial charge in [0.05, 0.1) is 0 Å². The molecule has 4 N–H and O–H groups in total. The Hall–Kier alpha value is -1.56. The summed E-state index contributed by atoms with van der Waals surface area (Å²) in [5, 5.41) is 12.6. The number of alkyl carbamates (subject to hydrolysis) is 1. The van der Waals surface area contributed by atoms with Gasteiger partial charge in [-0.05, 0) is 0 Å². The summed E-state index contributed by atoms with van der Waals surface area (Å²) in [6.45, 7) is 2.19. The topological polar surface area (TPSA) is 102 Å². The number of amides is 1. The molecule has 116 valence electrons. The SMILES string of the molecule is C[C@](N)(C[Se]CCNC(=O)OCc1ccccc1)C(=O)O. The van der Waals surface area contributed by atoms with Crippen LogP contribution in [0.15, 0.2) is 30.3 Å². The van der Waals surface area contributed by atoms with E-state index in [2.05, 4.69) is 5.32 Å². The number of hydrogen-bond acceptors (Lipinski definition) is 4. The van der Waals surface area contributed by atoms with Crippen LogP contribution in [0, 0.1) is 0 Å². The fourth-order valence-electron chi connectivity index (χ4n) is 1.35. The molecule has 21 heavy (non-hydrogen) atoms. The quantitative estimate of drug-likeness (QED) is 0.479. The Bertz CT molecular complexity index is 465. The van der Waals surface area contributed by atoms with E-state index in [9.17, 15) is 9.59 Å². The molecule has 0 unspecified atom stereocenters. The number of hydrogen-bond donors (Lipinski definition) is 3. The van der Waals surface area contributed by atoms with Crippen LogP contribution < -0.4 is 11.1 Å². The van der Waals surface area contributed by atoms with E-state index in [4.69, 9.17) is 15.6 Å². The van der Waals surface area contributed by atoms with Crippen molar-refractivity contribution in [1.82, 2.24) is 5.32 Å². The first kappa shape index (κ1) is 17.5. The first-order chi connectivity index (χ1) is 9.92. The van der Waals surface area contributed by atoms with Gasteiger partial charge in [-0.3, -0.25) is 0 Å². The first-order valence-corrected chi connectivity index (χ1v) is 8.88. The number of nitrogens with two attached hydrogens (primary N) is 1. The predicted molar refractivity (Wildman–Crippen MR) is 80.2 cm³/mol. The summed E-state index contributed by atoms with van der Waals surface area (Å²) in [6, 6.07) is 9.42. The van der Waals surface area contributed by atoms with Crippen LogP contribution in [0.5, 0.6) is 0 Å². The van der Waals surface area contributed by atoms with Gasteiger partial charge in [-0.1, -0.05) is 0 Å². The van der Waals surface area contributed by atoms with Gasteiger partial charge in [0.1, 0.15) is 0 Å². The minimum absolute atomic E-state index is 0.0641. The van der Waals surface area contributed by atoms with Crippen molar-refractivity contribution in [3.63, 3.8) is 0 Å². The Morgan fingerprint density at radius 1 is 1.38 bits per heavy atom. The molecule has 0 saturated heterocycles. The second-order valence-electron chi connectivity index (χ2n) is 4.76. The van der Waals surface area contributed by atoms with Crippen molar-refractivity contribution >= 4 is 27.0 Å². The van der Waals surface area contributed by atoms with Crippen LogP contribution in [0.25, 0.3) is 0 Å². The van der Waals surface area contributed by atoms with Gasteiger partial charge >= 0.3 is 130 Å². The fourth-order valence-corrected chi connectivity index (χ4v) is 3.31. The van der Waals surface area contributed by atoms with Crippen molar-refractivity contribution in [3.05, 3.63) is 35.9 Å². The second-order valence-corrected chi connectivity index (χ2v) is 7.08. The summed E-state index contributed by atoms with van der Waals surface area (Å²) in [5.41, 5.74) is 5.36. The van der Waals surface area contributed by atoms with E-state index in [1.165, 1.54) is 6.92 Å². The Balaban J connectivity index is 2.10. The summed E-state index contributed by atoms with van der Waals surface area (Å²) in [5.74, 6) is -1.00. The second kappa shape index (κ2) is 8.67. The molecule has 1 aromatic carbocycles. The molecular formula is C14H20N2O4Se. The van der Waals surface area contributed by atoms with Crippen molar-refractivity contribution in [2.24, 2.45) is 5.73 Å². The number of benzene rings is 1. The summed E-state index contributed by atoms with van der Waals surface area (Å²) in [6.07, 6.45) is -0.469. The zero-order valence-electron chi connectivity index (χ0n) is 11.9. The van der Waals surface area contributed by atoms with Crippen LogP contribution in [-0.2, 0) is 16.1 Å². The number of ether oxygens (including phenoxy) is 1. The molecule has 0 heterocycles. The van der Waals surface area contributed by atoms with Crippen molar-refractivity contribution in [3.8, 4) is 0 Å². The average Bonchev–Trinajstić information content (AvgIpc) is 2.45. The third-order valence-electron chi connectivity index (χ3n) is 2.62. The zero-order chi connectivity index (χ0) is 15.7. The summed E-state index contributed by atoms with van der Waals surface area (Å²) in [7, 11) is 0. The van der Waals surface area contributed by atoms with Crippen LogP contribution in [-0.4, -0.2) is 44.2 Å². The molecule has 1 atom stereocenters. The Morgan fingerprint density at radius 2 is 2.05 bits per heavy atom. The normalized spacial score (nSPS) is 13.2. The van der Waals surface area contributed by atoms with E-state index in [0.29, 0.717) is 17.2 Å². The Labute approximate surface area is 130 Å². The van der Waals surface area contributed by atoms with Crippen molar-refractivity contribution < 1.29 is 19.4 Å². The molecular weight excluding hydrogens is 339 g/mol. The maximum absolute atomic E-state index is 11.4. The van der Waals surface area contributed by atoms with Gasteiger partial charge in [-0.15, -0.1) is 0 Å². The van der Waals surface area contributed by atoms with E-state index in [-0.39, 0.29) is 21.6 Å². The van der Waals surface area contributed by atoms with Gasteiger partial charge in [0.2, 0.25) is 0 Å². The molecule has 0 aliphatic carbocycles. The zero-order valence-corrected chi connectivity index (χ0v) is 13.6. The molecule has 0 bridgehead atoms. The first-order valence-electron chi connectivity index (χ1n) is 6.46. The van der Waals surface area contributed by atoms with Crippen LogP contribution in [0.1, 0.15) is 12.5 Å². The molecule has 0 aliphatic rings. The third kappa shape index (κ3) is 7.13. The van der Waals surface area contributed by atoms with E-state index < -0.39 is 17.6 Å². The standard InChI is InChI=1S/C14H20N2O4Se/c1-14(15,12(17)18)10-21-8-7-16-13(19)20-9-11-5-3-2-4-6-11/h2-6H,7-10,15H2,1H3,(H,16,19)(H,17,18)/t14-/m0/s1. The molecule has 0 aromatic heterocycles. The van der Waals surface area contributed by atoms with E-state index in [1.807, 2.05) is 30.3 Å². The van der Waals surface area contributed by atoms with Gasteiger partial charge in [-0.2, -0.15) is 0 Å². The van der Waals surface area contributed by atoms with E-state index >= 15 is 0 Å².